The number of thiazole rings is 1. The number of rotatable bonds is 4. The van der Waals surface area contributed by atoms with E-state index in [-0.39, 0.29) is 0 Å². The Labute approximate surface area is 94.9 Å². The summed E-state index contributed by atoms with van der Waals surface area (Å²) in [7, 11) is 0. The predicted octanol–water partition coefficient (Wildman–Crippen LogP) is 1.76. The Balaban J connectivity index is 1.65. The van der Waals surface area contributed by atoms with Crippen molar-refractivity contribution < 1.29 is 4.74 Å². The van der Waals surface area contributed by atoms with Gasteiger partial charge in [0.2, 0.25) is 0 Å². The fourth-order valence-electron chi connectivity index (χ4n) is 1.80. The molecular weight excluding hydrogens is 208 g/mol. The number of nitrogens with one attached hydrogen (secondary N) is 1. The smallest absolute Gasteiger partial charge is 0.0940 e. The molecule has 1 aliphatic heterocycles. The van der Waals surface area contributed by atoms with Crippen LogP contribution in [0.4, 0.5) is 0 Å². The zero-order valence-electron chi connectivity index (χ0n) is 9.16. The van der Waals surface area contributed by atoms with Crippen molar-refractivity contribution in [1.82, 2.24) is 10.3 Å². The van der Waals surface area contributed by atoms with Crippen LogP contribution in [0.1, 0.15) is 22.7 Å². The second-order valence-corrected chi connectivity index (χ2v) is 5.30. The van der Waals surface area contributed by atoms with E-state index in [9.17, 15) is 0 Å². The lowest BCUT2D eigenvalue weighted by atomic mass is 10.1. The first-order valence-electron chi connectivity index (χ1n) is 5.57. The predicted molar refractivity (Wildman–Crippen MR) is 62.4 cm³/mol. The minimum absolute atomic E-state index is 0.555. The topological polar surface area (TPSA) is 34.2 Å². The minimum Gasteiger partial charge on any atom is -0.380 e. The van der Waals surface area contributed by atoms with E-state index in [4.69, 9.17) is 4.74 Å². The highest BCUT2D eigenvalue weighted by atomic mass is 32.1. The summed E-state index contributed by atoms with van der Waals surface area (Å²) in [6.45, 7) is 4.92. The van der Waals surface area contributed by atoms with Crippen molar-refractivity contribution in [2.24, 2.45) is 0 Å². The lowest BCUT2D eigenvalue weighted by Gasteiger charge is -2.22. The molecule has 2 rings (SSSR count). The van der Waals surface area contributed by atoms with Crippen molar-refractivity contribution in [3.05, 3.63) is 16.1 Å². The third-order valence-electron chi connectivity index (χ3n) is 2.60. The molecule has 0 aromatic carbocycles. The minimum atomic E-state index is 0.555. The molecule has 0 spiro atoms. The Morgan fingerprint density at radius 3 is 3.27 bits per heavy atom. The quantitative estimate of drug-likeness (QED) is 0.849. The zero-order chi connectivity index (χ0) is 10.5. The Kier molecular flexibility index (Phi) is 4.11. The molecule has 1 aromatic rings. The molecule has 1 atom stereocenters. The van der Waals surface area contributed by atoms with Gasteiger partial charge in [-0.3, -0.25) is 0 Å². The zero-order valence-corrected chi connectivity index (χ0v) is 9.98. The van der Waals surface area contributed by atoms with Gasteiger partial charge in [0.15, 0.2) is 0 Å². The van der Waals surface area contributed by atoms with Crippen LogP contribution in [0.2, 0.25) is 0 Å². The molecular formula is C11H18N2OS. The first-order chi connectivity index (χ1) is 7.34. The summed E-state index contributed by atoms with van der Waals surface area (Å²) < 4.78 is 5.41. The fourth-order valence-corrected chi connectivity index (χ4v) is 2.59. The summed E-state index contributed by atoms with van der Waals surface area (Å²) in [5, 5.41) is 4.75. The lowest BCUT2D eigenvalue weighted by Crippen LogP contribution is -2.37. The van der Waals surface area contributed by atoms with E-state index in [0.717, 1.165) is 26.2 Å². The third kappa shape index (κ3) is 3.55. The molecule has 0 aliphatic carbocycles. The number of ether oxygens (including phenoxy) is 1. The highest BCUT2D eigenvalue weighted by molar-refractivity contribution is 7.11. The van der Waals surface area contributed by atoms with Gasteiger partial charge in [0.1, 0.15) is 0 Å². The normalized spacial score (nSPS) is 21.8. The second-order valence-electron chi connectivity index (χ2n) is 3.98. The molecule has 1 fully saturated rings. The van der Waals surface area contributed by atoms with Gasteiger partial charge in [-0.15, -0.1) is 11.3 Å². The van der Waals surface area contributed by atoms with Crippen LogP contribution in [0.5, 0.6) is 0 Å². The van der Waals surface area contributed by atoms with Crippen molar-refractivity contribution in [3.63, 3.8) is 0 Å². The number of aryl methyl sites for hydroxylation is 1. The Bertz CT molecular complexity index is 295. The molecule has 1 N–H and O–H groups in total. The van der Waals surface area contributed by atoms with E-state index >= 15 is 0 Å². The van der Waals surface area contributed by atoms with Crippen LogP contribution < -0.4 is 5.32 Å². The van der Waals surface area contributed by atoms with Gasteiger partial charge >= 0.3 is 0 Å². The van der Waals surface area contributed by atoms with Crippen molar-refractivity contribution >= 4 is 11.3 Å². The molecule has 0 amide bonds. The first kappa shape index (κ1) is 11.0. The van der Waals surface area contributed by atoms with Gasteiger partial charge in [0.25, 0.3) is 0 Å². The van der Waals surface area contributed by atoms with Crippen LogP contribution in [0.25, 0.3) is 0 Å². The van der Waals surface area contributed by atoms with Gasteiger partial charge in [-0.1, -0.05) is 0 Å². The molecule has 3 nitrogen and oxygen atoms in total. The summed E-state index contributed by atoms with van der Waals surface area (Å²) in [5.74, 6) is 0. The SMILES string of the molecule is Cc1cnc(CCNC2CCCOC2)s1. The van der Waals surface area contributed by atoms with E-state index in [2.05, 4.69) is 17.2 Å². The van der Waals surface area contributed by atoms with Crippen LogP contribution in [0.3, 0.4) is 0 Å². The second kappa shape index (κ2) is 5.58. The molecule has 1 aliphatic rings. The Hall–Kier alpha value is -0.450. The van der Waals surface area contributed by atoms with Crippen LogP contribution in [-0.4, -0.2) is 30.8 Å². The molecule has 0 bridgehead atoms. The van der Waals surface area contributed by atoms with E-state index in [1.807, 2.05) is 6.20 Å². The molecule has 2 heterocycles. The summed E-state index contributed by atoms with van der Waals surface area (Å²) >= 11 is 1.79. The number of hydrogen-bond donors (Lipinski definition) is 1. The molecule has 1 aromatic heterocycles. The molecule has 0 radical (unpaired) electrons. The van der Waals surface area contributed by atoms with Crippen LogP contribution in [0.15, 0.2) is 6.20 Å². The highest BCUT2D eigenvalue weighted by Gasteiger charge is 2.12. The van der Waals surface area contributed by atoms with Gasteiger partial charge in [0.05, 0.1) is 11.6 Å². The van der Waals surface area contributed by atoms with Gasteiger partial charge in [0, 0.05) is 36.7 Å². The maximum absolute atomic E-state index is 5.41. The number of hydrogen-bond acceptors (Lipinski definition) is 4. The molecule has 15 heavy (non-hydrogen) atoms. The average Bonchev–Trinajstić information content (AvgIpc) is 2.66. The van der Waals surface area contributed by atoms with Crippen LogP contribution in [0, 0.1) is 6.92 Å². The fraction of sp³-hybridized carbons (Fsp3) is 0.727. The van der Waals surface area contributed by atoms with Crippen molar-refractivity contribution in [2.75, 3.05) is 19.8 Å². The summed E-state index contributed by atoms with van der Waals surface area (Å²) in [6, 6.07) is 0.555. The van der Waals surface area contributed by atoms with Crippen molar-refractivity contribution in [3.8, 4) is 0 Å². The molecule has 84 valence electrons. The monoisotopic (exact) mass is 226 g/mol. The Morgan fingerprint density at radius 2 is 2.60 bits per heavy atom. The van der Waals surface area contributed by atoms with E-state index in [1.54, 1.807) is 11.3 Å². The summed E-state index contributed by atoms with van der Waals surface area (Å²) in [6.07, 6.45) is 5.42. The summed E-state index contributed by atoms with van der Waals surface area (Å²) in [4.78, 5) is 5.64. The van der Waals surface area contributed by atoms with Crippen LogP contribution >= 0.6 is 11.3 Å². The number of nitrogens with zero attached hydrogens (tertiary/aromatic N) is 1. The van der Waals surface area contributed by atoms with E-state index < -0.39 is 0 Å². The maximum Gasteiger partial charge on any atom is 0.0940 e. The highest BCUT2D eigenvalue weighted by Crippen LogP contribution is 2.11. The Morgan fingerprint density at radius 1 is 1.67 bits per heavy atom. The van der Waals surface area contributed by atoms with Crippen molar-refractivity contribution in [2.45, 2.75) is 32.2 Å². The molecule has 1 unspecified atom stereocenters. The third-order valence-corrected chi connectivity index (χ3v) is 3.57. The molecule has 4 heteroatoms. The van der Waals surface area contributed by atoms with Crippen molar-refractivity contribution in [1.29, 1.82) is 0 Å². The van der Waals surface area contributed by atoms with Gasteiger partial charge < -0.3 is 10.1 Å². The maximum atomic E-state index is 5.41. The number of aromatic nitrogens is 1. The molecule has 1 saturated heterocycles. The molecule has 0 saturated carbocycles. The van der Waals surface area contributed by atoms with Gasteiger partial charge in [-0.05, 0) is 19.8 Å². The first-order valence-corrected chi connectivity index (χ1v) is 6.38. The lowest BCUT2D eigenvalue weighted by molar-refractivity contribution is 0.0707. The summed E-state index contributed by atoms with van der Waals surface area (Å²) in [5.41, 5.74) is 0. The largest absolute Gasteiger partial charge is 0.380 e. The van der Waals surface area contributed by atoms with E-state index in [0.29, 0.717) is 6.04 Å². The van der Waals surface area contributed by atoms with Crippen LogP contribution in [-0.2, 0) is 11.2 Å². The van der Waals surface area contributed by atoms with E-state index in [1.165, 1.54) is 22.7 Å². The van der Waals surface area contributed by atoms with Gasteiger partial charge in [-0.25, -0.2) is 4.98 Å². The average molecular weight is 226 g/mol. The van der Waals surface area contributed by atoms with Gasteiger partial charge in [-0.2, -0.15) is 0 Å². The standard InChI is InChI=1S/C11H18N2OS/c1-9-7-13-11(15-9)4-5-12-10-3-2-6-14-8-10/h7,10,12H,2-6,8H2,1H3.